The highest BCUT2D eigenvalue weighted by molar-refractivity contribution is 5.92. The van der Waals surface area contributed by atoms with E-state index in [1.165, 1.54) is 19.9 Å². The maximum atomic E-state index is 12.6. The number of hydrogen-bond donors (Lipinski definition) is 1. The lowest BCUT2D eigenvalue weighted by atomic mass is 9.85. The molecule has 0 amide bonds. The Morgan fingerprint density at radius 2 is 2.03 bits per heavy atom. The molecule has 1 heterocycles. The van der Waals surface area contributed by atoms with Gasteiger partial charge in [0.05, 0.1) is 5.92 Å². The number of esters is 3. The lowest BCUT2D eigenvalue weighted by molar-refractivity contribution is -0.148. The summed E-state index contributed by atoms with van der Waals surface area (Å²) in [5.74, 6) is -3.62. The van der Waals surface area contributed by atoms with Crippen molar-refractivity contribution in [2.24, 2.45) is 5.92 Å². The average molecular weight is 418 g/mol. The van der Waals surface area contributed by atoms with Crippen molar-refractivity contribution in [2.75, 3.05) is 6.61 Å². The first-order valence-electron chi connectivity index (χ1n) is 9.60. The molecule has 1 aliphatic heterocycles. The largest absolute Gasteiger partial charge is 0.478 e. The van der Waals surface area contributed by atoms with E-state index in [2.05, 4.69) is 6.58 Å². The standard InChI is InChI=1S/C22H26O8/c1-12-6-5-7-16(20(24)25)11-18(19-14(3)22(27)30-17(19)10-12)29-21(26)13(2)8-9-28-15(4)23/h7-8,10,17-19H,3,5-6,9,11H2,1-2,4H3,(H,24,25)/b12-10+,13-8+,16-7-/t17-,18-,19+/m1/s1. The Bertz CT molecular complexity index is 845. The molecular formula is C22H26O8. The molecule has 0 aromatic rings. The highest BCUT2D eigenvalue weighted by Crippen LogP contribution is 2.36. The van der Waals surface area contributed by atoms with Gasteiger partial charge in [0.2, 0.25) is 0 Å². The number of carbonyl (C=O) groups excluding carboxylic acids is 3. The number of carboxylic acids is 1. The molecule has 1 N–H and O–H groups in total. The van der Waals surface area contributed by atoms with Gasteiger partial charge in [-0.05, 0) is 38.8 Å². The fraction of sp³-hybridized carbons (Fsp3) is 0.455. The van der Waals surface area contributed by atoms with Crippen molar-refractivity contribution < 1.29 is 38.5 Å². The van der Waals surface area contributed by atoms with Crippen molar-refractivity contribution in [3.05, 3.63) is 47.1 Å². The normalized spacial score (nSPS) is 28.2. The number of carboxylic acid groups (broad SMARTS) is 1. The van der Waals surface area contributed by atoms with Crippen molar-refractivity contribution in [1.29, 1.82) is 0 Å². The summed E-state index contributed by atoms with van der Waals surface area (Å²) in [5.41, 5.74) is 1.34. The van der Waals surface area contributed by atoms with Crippen molar-refractivity contribution >= 4 is 23.9 Å². The van der Waals surface area contributed by atoms with Crippen LogP contribution in [-0.2, 0) is 33.4 Å². The van der Waals surface area contributed by atoms with Crippen LogP contribution in [0.5, 0.6) is 0 Å². The molecule has 0 bridgehead atoms. The zero-order valence-electron chi connectivity index (χ0n) is 17.3. The Hall–Kier alpha value is -3.16. The summed E-state index contributed by atoms with van der Waals surface area (Å²) < 4.78 is 15.8. The first kappa shape index (κ1) is 23.1. The van der Waals surface area contributed by atoms with Gasteiger partial charge >= 0.3 is 23.9 Å². The van der Waals surface area contributed by atoms with Gasteiger partial charge in [0.25, 0.3) is 0 Å². The van der Waals surface area contributed by atoms with E-state index in [-0.39, 0.29) is 29.7 Å². The van der Waals surface area contributed by atoms with Gasteiger partial charge < -0.3 is 19.3 Å². The second-order valence-electron chi connectivity index (χ2n) is 7.34. The van der Waals surface area contributed by atoms with Crippen LogP contribution < -0.4 is 0 Å². The van der Waals surface area contributed by atoms with Gasteiger partial charge in [-0.2, -0.15) is 0 Å². The number of aliphatic carboxylic acids is 1. The molecule has 0 aromatic heterocycles. The number of fused-ring (bicyclic) bond motifs is 1. The Balaban J connectivity index is 2.34. The van der Waals surface area contributed by atoms with E-state index in [1.54, 1.807) is 12.2 Å². The average Bonchev–Trinajstić information content (AvgIpc) is 2.92. The maximum Gasteiger partial charge on any atom is 0.334 e. The van der Waals surface area contributed by atoms with Crippen LogP contribution in [0.3, 0.4) is 0 Å². The molecule has 2 aliphatic rings. The lowest BCUT2D eigenvalue weighted by Crippen LogP contribution is -2.34. The number of ether oxygens (including phenoxy) is 3. The monoisotopic (exact) mass is 418 g/mol. The van der Waals surface area contributed by atoms with Gasteiger partial charge in [-0.1, -0.05) is 18.2 Å². The second kappa shape index (κ2) is 10.0. The number of allylic oxidation sites excluding steroid dienone is 2. The van der Waals surface area contributed by atoms with Gasteiger partial charge in [-0.25, -0.2) is 14.4 Å². The Morgan fingerprint density at radius 1 is 1.33 bits per heavy atom. The summed E-state index contributed by atoms with van der Waals surface area (Å²) in [6, 6.07) is 0. The van der Waals surface area contributed by atoms with E-state index in [0.717, 1.165) is 5.57 Å². The number of carbonyl (C=O) groups is 4. The molecule has 0 unspecified atom stereocenters. The molecule has 0 spiro atoms. The summed E-state index contributed by atoms with van der Waals surface area (Å²) >= 11 is 0. The Labute approximate surface area is 174 Å². The third-order valence-electron chi connectivity index (χ3n) is 4.99. The first-order valence-corrected chi connectivity index (χ1v) is 9.60. The van der Waals surface area contributed by atoms with Gasteiger partial charge in [-0.3, -0.25) is 4.79 Å². The predicted octanol–water partition coefficient (Wildman–Crippen LogP) is 2.65. The van der Waals surface area contributed by atoms with Crippen LogP contribution in [0.25, 0.3) is 0 Å². The van der Waals surface area contributed by atoms with Crippen LogP contribution in [0.1, 0.15) is 40.0 Å². The molecule has 8 nitrogen and oxygen atoms in total. The van der Waals surface area contributed by atoms with Gasteiger partial charge in [0, 0.05) is 30.1 Å². The second-order valence-corrected chi connectivity index (χ2v) is 7.34. The molecule has 30 heavy (non-hydrogen) atoms. The van der Waals surface area contributed by atoms with Crippen LogP contribution in [0.15, 0.2) is 47.1 Å². The number of hydrogen-bond acceptors (Lipinski definition) is 7. The zero-order chi connectivity index (χ0) is 22.4. The van der Waals surface area contributed by atoms with Crippen LogP contribution >= 0.6 is 0 Å². The Kier molecular flexibility index (Phi) is 7.74. The van der Waals surface area contributed by atoms with Gasteiger partial charge in [0.1, 0.15) is 18.8 Å². The van der Waals surface area contributed by atoms with E-state index in [1.807, 2.05) is 6.92 Å². The van der Waals surface area contributed by atoms with Crippen LogP contribution in [0, 0.1) is 5.92 Å². The van der Waals surface area contributed by atoms with Crippen molar-refractivity contribution in [2.45, 2.75) is 52.2 Å². The van der Waals surface area contributed by atoms with Crippen LogP contribution in [-0.4, -0.2) is 47.8 Å². The minimum Gasteiger partial charge on any atom is -0.478 e. The fourth-order valence-corrected chi connectivity index (χ4v) is 3.33. The molecule has 1 saturated heterocycles. The van der Waals surface area contributed by atoms with E-state index >= 15 is 0 Å². The van der Waals surface area contributed by atoms with E-state index in [0.29, 0.717) is 12.8 Å². The van der Waals surface area contributed by atoms with Gasteiger partial charge in [-0.15, -0.1) is 0 Å². The topological polar surface area (TPSA) is 116 Å². The first-order chi connectivity index (χ1) is 14.1. The summed E-state index contributed by atoms with van der Waals surface area (Å²) in [5, 5.41) is 9.57. The van der Waals surface area contributed by atoms with Crippen molar-refractivity contribution in [3.8, 4) is 0 Å². The summed E-state index contributed by atoms with van der Waals surface area (Å²) in [4.78, 5) is 47.3. The third-order valence-corrected chi connectivity index (χ3v) is 4.99. The highest BCUT2D eigenvalue weighted by atomic mass is 16.6. The highest BCUT2D eigenvalue weighted by Gasteiger charge is 2.45. The van der Waals surface area contributed by atoms with E-state index in [9.17, 15) is 24.3 Å². The maximum absolute atomic E-state index is 12.6. The molecule has 8 heteroatoms. The van der Waals surface area contributed by atoms with Crippen molar-refractivity contribution in [3.63, 3.8) is 0 Å². The summed E-state index contributed by atoms with van der Waals surface area (Å²) in [7, 11) is 0. The van der Waals surface area contributed by atoms with E-state index < -0.39 is 42.0 Å². The fourth-order valence-electron chi connectivity index (χ4n) is 3.33. The smallest absolute Gasteiger partial charge is 0.334 e. The molecule has 3 atom stereocenters. The third kappa shape index (κ3) is 5.92. The molecule has 0 radical (unpaired) electrons. The van der Waals surface area contributed by atoms with E-state index in [4.69, 9.17) is 14.2 Å². The molecular weight excluding hydrogens is 392 g/mol. The SMILES string of the molecule is C=C1C(=O)O[C@@H]2/C=C(\C)CC/C=C(\C(=O)O)C[C@@H](OC(=O)/C(C)=C/COC(C)=O)[C@@H]12. The van der Waals surface area contributed by atoms with Crippen molar-refractivity contribution in [1.82, 2.24) is 0 Å². The molecule has 0 saturated carbocycles. The minimum absolute atomic E-state index is 0.0925. The number of rotatable bonds is 5. The summed E-state index contributed by atoms with van der Waals surface area (Å²) in [6.45, 7) is 8.29. The Morgan fingerprint density at radius 3 is 2.67 bits per heavy atom. The quantitative estimate of drug-likeness (QED) is 0.313. The molecule has 1 fully saturated rings. The minimum atomic E-state index is -1.12. The van der Waals surface area contributed by atoms with Crippen LogP contribution in [0.2, 0.25) is 0 Å². The van der Waals surface area contributed by atoms with Gasteiger partial charge in [0.15, 0.2) is 0 Å². The molecule has 1 aliphatic carbocycles. The molecule has 2 rings (SSSR count). The van der Waals surface area contributed by atoms with Crippen LogP contribution in [0.4, 0.5) is 0 Å². The molecule has 162 valence electrons. The molecule has 0 aromatic carbocycles. The lowest BCUT2D eigenvalue weighted by Gasteiger charge is -2.27. The zero-order valence-corrected chi connectivity index (χ0v) is 17.3. The summed E-state index contributed by atoms with van der Waals surface area (Å²) in [6.07, 6.45) is 4.15. The predicted molar refractivity (Wildman–Crippen MR) is 106 cm³/mol.